The first-order valence-electron chi connectivity index (χ1n) is 7.76. The largest absolute Gasteiger partial charge is 0.381 e. The van der Waals surface area contributed by atoms with Gasteiger partial charge >= 0.3 is 0 Å². The van der Waals surface area contributed by atoms with E-state index in [1.165, 1.54) is 0 Å². The Morgan fingerprint density at radius 2 is 1.96 bits per heavy atom. The molecule has 2 aromatic heterocycles. The molecule has 1 saturated heterocycles. The van der Waals surface area contributed by atoms with E-state index in [-0.39, 0.29) is 0 Å². The Bertz CT molecular complexity index is 762. The summed E-state index contributed by atoms with van der Waals surface area (Å²) in [4.78, 5) is 8.68. The summed E-state index contributed by atoms with van der Waals surface area (Å²) < 4.78 is 12.4. The van der Waals surface area contributed by atoms with Crippen LogP contribution in [0, 0.1) is 5.92 Å². The Hall–Kier alpha value is -2.54. The standard InChI is InChI=1S/C16H17N5O2/c1-2-4-13(5-3-1)21-11-17-15(19-21)16-18-14(20-23-16)10-12-6-8-22-9-7-12/h1-5,11-12H,6-10H2. The van der Waals surface area contributed by atoms with E-state index in [1.807, 2.05) is 30.3 Å². The van der Waals surface area contributed by atoms with Crippen LogP contribution in [-0.2, 0) is 11.2 Å². The van der Waals surface area contributed by atoms with Crippen LogP contribution in [0.3, 0.4) is 0 Å². The molecule has 0 N–H and O–H groups in total. The molecule has 0 bridgehead atoms. The van der Waals surface area contributed by atoms with E-state index in [2.05, 4.69) is 20.2 Å². The van der Waals surface area contributed by atoms with Crippen LogP contribution in [0.4, 0.5) is 0 Å². The van der Waals surface area contributed by atoms with Gasteiger partial charge in [-0.2, -0.15) is 4.98 Å². The van der Waals surface area contributed by atoms with E-state index in [0.29, 0.717) is 23.5 Å². The number of para-hydroxylation sites is 1. The molecule has 4 rings (SSSR count). The molecule has 0 aliphatic carbocycles. The zero-order valence-electron chi connectivity index (χ0n) is 12.6. The normalized spacial score (nSPS) is 15.8. The maximum atomic E-state index is 5.37. The number of rotatable bonds is 4. The average molecular weight is 311 g/mol. The number of hydrogen-bond donors (Lipinski definition) is 0. The van der Waals surface area contributed by atoms with Crippen LogP contribution in [0.2, 0.25) is 0 Å². The lowest BCUT2D eigenvalue weighted by Gasteiger charge is -2.20. The van der Waals surface area contributed by atoms with E-state index in [0.717, 1.165) is 38.2 Å². The molecule has 0 unspecified atom stereocenters. The molecule has 7 heteroatoms. The Morgan fingerprint density at radius 1 is 1.13 bits per heavy atom. The molecule has 1 fully saturated rings. The number of aromatic nitrogens is 5. The van der Waals surface area contributed by atoms with Gasteiger partial charge in [0, 0.05) is 19.6 Å². The molecule has 3 aromatic rings. The third-order valence-electron chi connectivity index (χ3n) is 3.98. The van der Waals surface area contributed by atoms with Gasteiger partial charge < -0.3 is 9.26 Å². The maximum absolute atomic E-state index is 5.37. The molecular formula is C16H17N5O2. The van der Waals surface area contributed by atoms with Crippen molar-refractivity contribution in [3.05, 3.63) is 42.5 Å². The summed E-state index contributed by atoms with van der Waals surface area (Å²) in [6.07, 6.45) is 4.55. The van der Waals surface area contributed by atoms with Gasteiger partial charge in [0.15, 0.2) is 5.82 Å². The zero-order valence-corrected chi connectivity index (χ0v) is 12.6. The molecule has 1 aliphatic rings. The average Bonchev–Trinajstić information content (AvgIpc) is 3.26. The summed E-state index contributed by atoms with van der Waals surface area (Å²) in [5, 5.41) is 8.45. The Labute approximate surface area is 133 Å². The highest BCUT2D eigenvalue weighted by Crippen LogP contribution is 2.20. The van der Waals surface area contributed by atoms with Crippen LogP contribution < -0.4 is 0 Å². The summed E-state index contributed by atoms with van der Waals surface area (Å²) in [5.41, 5.74) is 0.938. The molecule has 0 amide bonds. The first-order chi connectivity index (χ1) is 11.4. The van der Waals surface area contributed by atoms with E-state index in [4.69, 9.17) is 9.26 Å². The van der Waals surface area contributed by atoms with Crippen molar-refractivity contribution in [2.24, 2.45) is 5.92 Å². The van der Waals surface area contributed by atoms with Crippen molar-refractivity contribution in [1.82, 2.24) is 24.9 Å². The van der Waals surface area contributed by atoms with E-state index in [9.17, 15) is 0 Å². The third-order valence-corrected chi connectivity index (χ3v) is 3.98. The van der Waals surface area contributed by atoms with Gasteiger partial charge in [-0.25, -0.2) is 9.67 Å². The van der Waals surface area contributed by atoms with Crippen molar-refractivity contribution in [3.63, 3.8) is 0 Å². The van der Waals surface area contributed by atoms with Crippen molar-refractivity contribution >= 4 is 0 Å². The first kappa shape index (κ1) is 14.1. The topological polar surface area (TPSA) is 78.9 Å². The molecule has 1 aliphatic heterocycles. The monoisotopic (exact) mass is 311 g/mol. The summed E-state index contributed by atoms with van der Waals surface area (Å²) in [5.74, 6) is 2.08. The second-order valence-electron chi connectivity index (χ2n) is 5.62. The van der Waals surface area contributed by atoms with Crippen LogP contribution in [-0.4, -0.2) is 38.1 Å². The van der Waals surface area contributed by atoms with Crippen molar-refractivity contribution in [3.8, 4) is 17.4 Å². The highest BCUT2D eigenvalue weighted by Gasteiger charge is 2.19. The Morgan fingerprint density at radius 3 is 2.78 bits per heavy atom. The number of nitrogens with zero attached hydrogens (tertiary/aromatic N) is 5. The molecule has 0 saturated carbocycles. The highest BCUT2D eigenvalue weighted by molar-refractivity contribution is 5.40. The fourth-order valence-corrected chi connectivity index (χ4v) is 2.70. The molecule has 7 nitrogen and oxygen atoms in total. The SMILES string of the molecule is c1ccc(-n2cnc(-c3nc(CC4CCOCC4)no3)n2)cc1. The lowest BCUT2D eigenvalue weighted by molar-refractivity contribution is 0.0658. The van der Waals surface area contributed by atoms with Crippen LogP contribution >= 0.6 is 0 Å². The van der Waals surface area contributed by atoms with Gasteiger partial charge in [0.1, 0.15) is 6.33 Å². The maximum Gasteiger partial charge on any atom is 0.297 e. The fourth-order valence-electron chi connectivity index (χ4n) is 2.70. The van der Waals surface area contributed by atoms with Gasteiger partial charge in [0.2, 0.25) is 5.82 Å². The second kappa shape index (κ2) is 6.29. The van der Waals surface area contributed by atoms with Gasteiger partial charge in [0.05, 0.1) is 5.69 Å². The summed E-state index contributed by atoms with van der Waals surface area (Å²) in [6.45, 7) is 1.64. The van der Waals surface area contributed by atoms with Crippen LogP contribution in [0.5, 0.6) is 0 Å². The Kier molecular flexibility index (Phi) is 3.85. The highest BCUT2D eigenvalue weighted by atomic mass is 16.5. The molecule has 0 atom stereocenters. The van der Waals surface area contributed by atoms with Gasteiger partial charge in [-0.1, -0.05) is 23.4 Å². The lowest BCUT2D eigenvalue weighted by atomic mass is 9.96. The van der Waals surface area contributed by atoms with E-state index in [1.54, 1.807) is 11.0 Å². The quantitative estimate of drug-likeness (QED) is 0.735. The van der Waals surface area contributed by atoms with Gasteiger partial charge in [-0.3, -0.25) is 0 Å². The number of benzene rings is 1. The van der Waals surface area contributed by atoms with Crippen LogP contribution in [0.15, 0.2) is 41.2 Å². The molecule has 3 heterocycles. The minimum Gasteiger partial charge on any atom is -0.381 e. The molecular weight excluding hydrogens is 294 g/mol. The number of ether oxygens (including phenoxy) is 1. The van der Waals surface area contributed by atoms with E-state index >= 15 is 0 Å². The summed E-state index contributed by atoms with van der Waals surface area (Å²) >= 11 is 0. The fraction of sp³-hybridized carbons (Fsp3) is 0.375. The molecule has 0 radical (unpaired) electrons. The third kappa shape index (κ3) is 3.14. The van der Waals surface area contributed by atoms with Crippen molar-refractivity contribution < 1.29 is 9.26 Å². The lowest BCUT2D eigenvalue weighted by Crippen LogP contribution is -2.18. The van der Waals surface area contributed by atoms with Crippen LogP contribution in [0.25, 0.3) is 17.4 Å². The van der Waals surface area contributed by atoms with Gasteiger partial charge in [-0.05, 0) is 30.9 Å². The van der Waals surface area contributed by atoms with Crippen molar-refractivity contribution in [1.29, 1.82) is 0 Å². The second-order valence-corrected chi connectivity index (χ2v) is 5.62. The predicted octanol–water partition coefficient (Wildman–Crippen LogP) is 2.29. The predicted molar refractivity (Wildman–Crippen MR) is 81.9 cm³/mol. The molecule has 1 aromatic carbocycles. The smallest absolute Gasteiger partial charge is 0.297 e. The molecule has 118 valence electrons. The first-order valence-corrected chi connectivity index (χ1v) is 7.76. The number of hydrogen-bond acceptors (Lipinski definition) is 6. The van der Waals surface area contributed by atoms with Gasteiger partial charge in [0.25, 0.3) is 5.89 Å². The van der Waals surface area contributed by atoms with Gasteiger partial charge in [-0.15, -0.1) is 5.10 Å². The van der Waals surface area contributed by atoms with Crippen molar-refractivity contribution in [2.45, 2.75) is 19.3 Å². The summed E-state index contributed by atoms with van der Waals surface area (Å²) in [7, 11) is 0. The minimum absolute atomic E-state index is 0.363. The van der Waals surface area contributed by atoms with Crippen molar-refractivity contribution in [2.75, 3.05) is 13.2 Å². The summed E-state index contributed by atoms with van der Waals surface area (Å²) in [6, 6.07) is 9.79. The Balaban J connectivity index is 1.49. The zero-order chi connectivity index (χ0) is 15.5. The molecule has 23 heavy (non-hydrogen) atoms. The van der Waals surface area contributed by atoms with E-state index < -0.39 is 0 Å². The van der Waals surface area contributed by atoms with Crippen LogP contribution in [0.1, 0.15) is 18.7 Å². The minimum atomic E-state index is 0.363. The molecule has 0 spiro atoms.